The zero-order valence-electron chi connectivity index (χ0n) is 20.7. The number of carbonyl (C=O) groups is 2. The maximum atomic E-state index is 13.2. The van der Waals surface area contributed by atoms with E-state index in [0.29, 0.717) is 34.3 Å². The van der Waals surface area contributed by atoms with E-state index in [1.54, 1.807) is 48.1 Å². The van der Waals surface area contributed by atoms with Crippen LogP contribution in [0.15, 0.2) is 59.8 Å². The summed E-state index contributed by atoms with van der Waals surface area (Å²) in [5.74, 6) is 0.982. The Hall–Kier alpha value is -3.95. The van der Waals surface area contributed by atoms with Crippen molar-refractivity contribution in [1.82, 2.24) is 24.8 Å². The van der Waals surface area contributed by atoms with Crippen LogP contribution in [0.25, 0.3) is 5.65 Å². The number of nitrogens with one attached hydrogen (secondary N) is 3. The standard InChI is InChI=1S/C26H31N7O3/c1-16-11-26(14-32(15-26)17(2)34)7-6-21(16)28-12-18-9-19(22(36-3)10-20(18)27)25(35)31-24-13-29-23-5-4-8-30-33(23)24/h4-5,8-10,12-13,16,21,27-28H,6-7,11,14-15H2,1-3H3,(H,31,35)/b18-12-,27-20?. The van der Waals surface area contributed by atoms with Crippen molar-refractivity contribution in [3.8, 4) is 0 Å². The van der Waals surface area contributed by atoms with Crippen molar-refractivity contribution >= 4 is 29.0 Å². The fraction of sp³-hybridized carbons (Fsp3) is 0.423. The first-order chi connectivity index (χ1) is 17.3. The van der Waals surface area contributed by atoms with Gasteiger partial charge >= 0.3 is 0 Å². The molecule has 5 rings (SSSR count). The van der Waals surface area contributed by atoms with E-state index in [4.69, 9.17) is 10.1 Å². The third-order valence-corrected chi connectivity index (χ3v) is 7.51. The van der Waals surface area contributed by atoms with Crippen LogP contribution in [0.2, 0.25) is 0 Å². The van der Waals surface area contributed by atoms with Gasteiger partial charge in [-0.25, -0.2) is 4.98 Å². The molecule has 0 radical (unpaired) electrons. The van der Waals surface area contributed by atoms with E-state index in [-0.39, 0.29) is 29.0 Å². The van der Waals surface area contributed by atoms with Gasteiger partial charge in [0.05, 0.1) is 24.6 Å². The van der Waals surface area contributed by atoms with Crippen LogP contribution in [0.1, 0.15) is 33.1 Å². The van der Waals surface area contributed by atoms with Crippen LogP contribution in [0.3, 0.4) is 0 Å². The number of methoxy groups -OCH3 is 1. The second-order valence-corrected chi connectivity index (χ2v) is 10.0. The average Bonchev–Trinajstić information content (AvgIpc) is 3.24. The minimum atomic E-state index is -0.373. The molecular weight excluding hydrogens is 458 g/mol. The van der Waals surface area contributed by atoms with Gasteiger partial charge in [0.15, 0.2) is 11.5 Å². The molecule has 0 bridgehead atoms. The number of likely N-dealkylation sites (tertiary alicyclic amines) is 1. The molecular formula is C26H31N7O3. The third-order valence-electron chi connectivity index (χ3n) is 7.51. The Kier molecular flexibility index (Phi) is 6.11. The largest absolute Gasteiger partial charge is 0.496 e. The molecule has 1 spiro atoms. The van der Waals surface area contributed by atoms with Gasteiger partial charge in [0.25, 0.3) is 5.91 Å². The molecule has 2 aromatic rings. The summed E-state index contributed by atoms with van der Waals surface area (Å²) in [5, 5.41) is 19.0. The minimum absolute atomic E-state index is 0.155. The smallest absolute Gasteiger partial charge is 0.260 e. The van der Waals surface area contributed by atoms with Crippen molar-refractivity contribution in [3.63, 3.8) is 0 Å². The summed E-state index contributed by atoms with van der Waals surface area (Å²) in [6.07, 6.45) is 11.4. The summed E-state index contributed by atoms with van der Waals surface area (Å²) in [7, 11) is 1.48. The molecule has 3 heterocycles. The number of aromatic nitrogens is 3. The molecule has 10 heteroatoms. The molecule has 2 unspecified atom stereocenters. The van der Waals surface area contributed by atoms with Crippen LogP contribution in [0.4, 0.5) is 5.82 Å². The number of anilines is 1. The minimum Gasteiger partial charge on any atom is -0.496 e. The highest BCUT2D eigenvalue weighted by Gasteiger charge is 2.48. The first kappa shape index (κ1) is 23.8. The van der Waals surface area contributed by atoms with Gasteiger partial charge in [0, 0.05) is 55.5 Å². The predicted octanol–water partition coefficient (Wildman–Crippen LogP) is 2.67. The maximum absolute atomic E-state index is 13.2. The molecule has 10 nitrogen and oxygen atoms in total. The molecule has 0 aromatic carbocycles. The van der Waals surface area contributed by atoms with E-state index in [0.717, 1.165) is 32.4 Å². The average molecular weight is 490 g/mol. The van der Waals surface area contributed by atoms with E-state index in [1.807, 2.05) is 11.1 Å². The lowest BCUT2D eigenvalue weighted by Gasteiger charge is -2.55. The lowest BCUT2D eigenvalue weighted by Crippen LogP contribution is -2.61. The highest BCUT2D eigenvalue weighted by Crippen LogP contribution is 2.46. The Morgan fingerprint density at radius 3 is 2.83 bits per heavy atom. The maximum Gasteiger partial charge on any atom is 0.260 e. The molecule has 2 aliphatic carbocycles. The summed E-state index contributed by atoms with van der Waals surface area (Å²) in [6.45, 7) is 5.59. The monoisotopic (exact) mass is 489 g/mol. The van der Waals surface area contributed by atoms with Crippen molar-refractivity contribution in [2.24, 2.45) is 11.3 Å². The predicted molar refractivity (Wildman–Crippen MR) is 135 cm³/mol. The number of carbonyl (C=O) groups excluding carboxylic acids is 2. The highest BCUT2D eigenvalue weighted by atomic mass is 16.5. The Morgan fingerprint density at radius 2 is 2.11 bits per heavy atom. The molecule has 188 valence electrons. The van der Waals surface area contributed by atoms with Crippen LogP contribution < -0.4 is 10.6 Å². The van der Waals surface area contributed by atoms with E-state index in [9.17, 15) is 9.59 Å². The van der Waals surface area contributed by atoms with Crippen molar-refractivity contribution < 1.29 is 14.3 Å². The zero-order valence-corrected chi connectivity index (χ0v) is 20.7. The molecule has 3 N–H and O–H groups in total. The molecule has 3 aliphatic rings. The van der Waals surface area contributed by atoms with Gasteiger partial charge in [-0.05, 0) is 43.4 Å². The number of imidazole rings is 1. The van der Waals surface area contributed by atoms with E-state index < -0.39 is 0 Å². The SMILES string of the molecule is COC1=CC(=N)/C(=C\NC2CCC3(CC2C)CN(C(C)=O)C3)C=C1C(=O)Nc1cnc2cccnn12. The molecule has 2 fully saturated rings. The molecule has 2 aromatic heterocycles. The summed E-state index contributed by atoms with van der Waals surface area (Å²) < 4.78 is 6.95. The van der Waals surface area contributed by atoms with Gasteiger partial charge in [-0.2, -0.15) is 9.61 Å². The summed E-state index contributed by atoms with van der Waals surface area (Å²) in [6, 6.07) is 3.85. The molecule has 2 atom stereocenters. The Balaban J connectivity index is 1.28. The normalized spacial score (nSPS) is 24.2. The first-order valence-electron chi connectivity index (χ1n) is 12.2. The number of rotatable bonds is 5. The number of nitrogens with zero attached hydrogens (tertiary/aromatic N) is 4. The third kappa shape index (κ3) is 4.38. The van der Waals surface area contributed by atoms with Gasteiger partial charge < -0.3 is 25.7 Å². The summed E-state index contributed by atoms with van der Waals surface area (Å²) in [5.41, 5.74) is 2.07. The van der Waals surface area contributed by atoms with Gasteiger partial charge in [0.1, 0.15) is 5.76 Å². The van der Waals surface area contributed by atoms with Gasteiger partial charge in [-0.1, -0.05) is 6.92 Å². The van der Waals surface area contributed by atoms with E-state index in [1.165, 1.54) is 7.11 Å². The number of hydrogen-bond acceptors (Lipinski definition) is 7. The zero-order chi connectivity index (χ0) is 25.4. The summed E-state index contributed by atoms with van der Waals surface area (Å²) in [4.78, 5) is 30.9. The lowest BCUT2D eigenvalue weighted by atomic mass is 9.64. The van der Waals surface area contributed by atoms with Crippen LogP contribution >= 0.6 is 0 Å². The van der Waals surface area contributed by atoms with Crippen molar-refractivity contribution in [1.29, 1.82) is 5.41 Å². The lowest BCUT2D eigenvalue weighted by molar-refractivity contribution is -0.144. The molecule has 1 saturated heterocycles. The van der Waals surface area contributed by atoms with Crippen LogP contribution in [0, 0.1) is 16.7 Å². The summed E-state index contributed by atoms with van der Waals surface area (Å²) >= 11 is 0. The Labute approximate surface area is 209 Å². The van der Waals surface area contributed by atoms with E-state index >= 15 is 0 Å². The van der Waals surface area contributed by atoms with Crippen LogP contribution in [0.5, 0.6) is 0 Å². The number of amides is 2. The van der Waals surface area contributed by atoms with E-state index in [2.05, 4.69) is 27.6 Å². The second-order valence-electron chi connectivity index (χ2n) is 10.0. The fourth-order valence-electron chi connectivity index (χ4n) is 5.55. The second kappa shape index (κ2) is 9.25. The Bertz CT molecular complexity index is 1320. The van der Waals surface area contributed by atoms with Crippen molar-refractivity contribution in [3.05, 3.63) is 59.8 Å². The van der Waals surface area contributed by atoms with Crippen molar-refractivity contribution in [2.45, 2.75) is 39.2 Å². The molecule has 1 aliphatic heterocycles. The quantitative estimate of drug-likeness (QED) is 0.593. The van der Waals surface area contributed by atoms with Gasteiger partial charge in [-0.15, -0.1) is 0 Å². The molecule has 2 amide bonds. The first-order valence-corrected chi connectivity index (χ1v) is 12.2. The highest BCUT2D eigenvalue weighted by molar-refractivity contribution is 6.16. The van der Waals surface area contributed by atoms with Gasteiger partial charge in [-0.3, -0.25) is 9.59 Å². The van der Waals surface area contributed by atoms with Crippen LogP contribution in [-0.2, 0) is 14.3 Å². The number of ether oxygens (including phenoxy) is 1. The Morgan fingerprint density at radius 1 is 1.31 bits per heavy atom. The number of allylic oxidation sites excluding steroid dienone is 3. The number of fused-ring (bicyclic) bond motifs is 1. The van der Waals surface area contributed by atoms with Gasteiger partial charge in [0.2, 0.25) is 5.91 Å². The van der Waals surface area contributed by atoms with Crippen molar-refractivity contribution in [2.75, 3.05) is 25.5 Å². The molecule has 36 heavy (non-hydrogen) atoms. The topological polar surface area (TPSA) is 125 Å². The number of hydrogen-bond donors (Lipinski definition) is 3. The van der Waals surface area contributed by atoms with Crippen LogP contribution in [-0.4, -0.2) is 63.3 Å². The molecule has 1 saturated carbocycles. The fourth-order valence-corrected chi connectivity index (χ4v) is 5.55.